The predicted octanol–water partition coefficient (Wildman–Crippen LogP) is 9.89. The van der Waals surface area contributed by atoms with Crippen LogP contribution in [-0.4, -0.2) is 5.11 Å². The molecule has 0 fully saturated rings. The Kier molecular flexibility index (Phi) is 8.19. The van der Waals surface area contributed by atoms with Gasteiger partial charge in [-0.3, -0.25) is 0 Å². The van der Waals surface area contributed by atoms with Crippen molar-refractivity contribution in [3.8, 4) is 5.75 Å². The van der Waals surface area contributed by atoms with E-state index < -0.39 is 0 Å². The molecule has 3 aromatic carbocycles. The van der Waals surface area contributed by atoms with Crippen molar-refractivity contribution in [2.75, 3.05) is 5.73 Å². The molecule has 0 saturated carbocycles. The first-order valence-electron chi connectivity index (χ1n) is 14.1. The molecule has 1 atom stereocenters. The SMILES string of the molecule is Cc1cc(C(c2ccccc2)c2cc(C(C)(C)CC(C)(C)C)c(O)c(C(C)(C)CC(C)(C)C)c2)ccc1N. The van der Waals surface area contributed by atoms with Crippen molar-refractivity contribution in [3.05, 3.63) is 94.0 Å². The first-order chi connectivity index (χ1) is 17.3. The molecule has 0 radical (unpaired) electrons. The number of benzene rings is 3. The average molecular weight is 514 g/mol. The van der Waals surface area contributed by atoms with Crippen LogP contribution in [0.1, 0.15) is 121 Å². The average Bonchev–Trinajstić information content (AvgIpc) is 2.74. The quantitative estimate of drug-likeness (QED) is 0.244. The Morgan fingerprint density at radius 2 is 1.11 bits per heavy atom. The molecule has 206 valence electrons. The monoisotopic (exact) mass is 513 g/mol. The lowest BCUT2D eigenvalue weighted by Crippen LogP contribution is -2.29. The van der Waals surface area contributed by atoms with Gasteiger partial charge >= 0.3 is 0 Å². The van der Waals surface area contributed by atoms with Crippen molar-refractivity contribution in [2.45, 2.75) is 106 Å². The molecular weight excluding hydrogens is 462 g/mol. The zero-order chi connectivity index (χ0) is 28.7. The number of hydrogen-bond donors (Lipinski definition) is 2. The Morgan fingerprint density at radius 3 is 1.53 bits per heavy atom. The number of phenols is 1. The largest absolute Gasteiger partial charge is 0.507 e. The van der Waals surface area contributed by atoms with Crippen LogP contribution in [0.5, 0.6) is 5.75 Å². The summed E-state index contributed by atoms with van der Waals surface area (Å²) in [6.45, 7) is 24.9. The van der Waals surface area contributed by atoms with Gasteiger partial charge in [-0.15, -0.1) is 0 Å². The van der Waals surface area contributed by atoms with E-state index in [0.717, 1.165) is 35.2 Å². The molecule has 38 heavy (non-hydrogen) atoms. The summed E-state index contributed by atoms with van der Waals surface area (Å²) < 4.78 is 0. The highest BCUT2D eigenvalue weighted by molar-refractivity contribution is 5.57. The molecule has 3 rings (SSSR count). The molecule has 3 aromatic rings. The van der Waals surface area contributed by atoms with Crippen LogP contribution < -0.4 is 5.73 Å². The number of anilines is 1. The standard InChI is InChI=1S/C36H51NO/c1-24-19-26(17-18-30(24)37)31(25-15-13-12-14-16-25)27-20-28(35(8,9)22-33(2,3)4)32(38)29(21-27)36(10,11)23-34(5,6)7/h12-21,31,38H,22-23,37H2,1-11H3. The molecule has 0 amide bonds. The highest BCUT2D eigenvalue weighted by atomic mass is 16.3. The fraction of sp³-hybridized carbons (Fsp3) is 0.500. The van der Waals surface area contributed by atoms with Gasteiger partial charge in [0.25, 0.3) is 0 Å². The second-order valence-corrected chi connectivity index (χ2v) is 15.2. The minimum Gasteiger partial charge on any atom is -0.507 e. The van der Waals surface area contributed by atoms with Crippen molar-refractivity contribution in [3.63, 3.8) is 0 Å². The van der Waals surface area contributed by atoms with E-state index in [1.54, 1.807) is 0 Å². The molecule has 3 N–H and O–H groups in total. The Morgan fingerprint density at radius 1 is 0.632 bits per heavy atom. The summed E-state index contributed by atoms with van der Waals surface area (Å²) in [7, 11) is 0. The second-order valence-electron chi connectivity index (χ2n) is 15.2. The minimum absolute atomic E-state index is 0.0319. The molecule has 0 spiro atoms. The summed E-state index contributed by atoms with van der Waals surface area (Å²) in [6.07, 6.45) is 1.93. The predicted molar refractivity (Wildman–Crippen MR) is 165 cm³/mol. The van der Waals surface area contributed by atoms with E-state index in [2.05, 4.69) is 131 Å². The van der Waals surface area contributed by atoms with Crippen LogP contribution in [0.25, 0.3) is 0 Å². The van der Waals surface area contributed by atoms with Gasteiger partial charge in [0.2, 0.25) is 0 Å². The molecule has 1 unspecified atom stereocenters. The van der Waals surface area contributed by atoms with E-state index in [1.807, 2.05) is 6.07 Å². The fourth-order valence-corrected chi connectivity index (χ4v) is 6.80. The van der Waals surface area contributed by atoms with Crippen LogP contribution in [0.2, 0.25) is 0 Å². The lowest BCUT2D eigenvalue weighted by molar-refractivity contribution is 0.268. The Balaban J connectivity index is 2.38. The lowest BCUT2D eigenvalue weighted by atomic mass is 9.67. The smallest absolute Gasteiger partial charge is 0.123 e. The van der Waals surface area contributed by atoms with Crippen LogP contribution >= 0.6 is 0 Å². The molecule has 0 heterocycles. The van der Waals surface area contributed by atoms with Crippen LogP contribution in [0.15, 0.2) is 60.7 Å². The highest BCUT2D eigenvalue weighted by Gasteiger charge is 2.36. The number of phenolic OH excluding ortho intramolecular Hbond substituents is 1. The van der Waals surface area contributed by atoms with E-state index in [1.165, 1.54) is 16.7 Å². The number of hydrogen-bond acceptors (Lipinski definition) is 2. The van der Waals surface area contributed by atoms with Gasteiger partial charge < -0.3 is 10.8 Å². The van der Waals surface area contributed by atoms with Crippen LogP contribution in [-0.2, 0) is 10.8 Å². The number of nitrogens with two attached hydrogens (primary N) is 1. The summed E-state index contributed by atoms with van der Waals surface area (Å²) in [6, 6.07) is 21.7. The van der Waals surface area contributed by atoms with E-state index in [-0.39, 0.29) is 27.6 Å². The first kappa shape index (κ1) is 29.8. The molecule has 2 heteroatoms. The Bertz CT molecular complexity index is 1200. The summed E-state index contributed by atoms with van der Waals surface area (Å²) in [5, 5.41) is 12.0. The van der Waals surface area contributed by atoms with Gasteiger partial charge in [0.05, 0.1) is 0 Å². The maximum absolute atomic E-state index is 12.0. The van der Waals surface area contributed by atoms with Crippen molar-refractivity contribution in [1.29, 1.82) is 0 Å². The Hall–Kier alpha value is -2.74. The van der Waals surface area contributed by atoms with Gasteiger partial charge in [0, 0.05) is 22.7 Å². The number of nitrogen functional groups attached to an aromatic ring is 1. The minimum atomic E-state index is -0.205. The van der Waals surface area contributed by atoms with Crippen molar-refractivity contribution in [2.24, 2.45) is 10.8 Å². The molecule has 0 aliphatic carbocycles. The van der Waals surface area contributed by atoms with E-state index in [4.69, 9.17) is 5.73 Å². The van der Waals surface area contributed by atoms with E-state index in [0.29, 0.717) is 5.75 Å². The first-order valence-corrected chi connectivity index (χ1v) is 14.1. The summed E-state index contributed by atoms with van der Waals surface area (Å²) in [5.74, 6) is 0.488. The molecule has 0 aliphatic rings. The summed E-state index contributed by atoms with van der Waals surface area (Å²) in [4.78, 5) is 0. The Labute approximate surface area is 232 Å². The molecule has 0 saturated heterocycles. The van der Waals surface area contributed by atoms with Crippen LogP contribution in [0.4, 0.5) is 5.69 Å². The summed E-state index contributed by atoms with van der Waals surface area (Å²) >= 11 is 0. The molecule has 0 aromatic heterocycles. The molecule has 2 nitrogen and oxygen atoms in total. The van der Waals surface area contributed by atoms with Gasteiger partial charge in [-0.25, -0.2) is 0 Å². The topological polar surface area (TPSA) is 46.2 Å². The van der Waals surface area contributed by atoms with Crippen LogP contribution in [0, 0.1) is 17.8 Å². The van der Waals surface area contributed by atoms with Gasteiger partial charge in [0.15, 0.2) is 0 Å². The molecular formula is C36H51NO. The van der Waals surface area contributed by atoms with E-state index >= 15 is 0 Å². The number of aromatic hydroxyl groups is 1. The summed E-state index contributed by atoms with van der Waals surface area (Å²) in [5.41, 5.74) is 13.7. The van der Waals surface area contributed by atoms with Crippen LogP contribution in [0.3, 0.4) is 0 Å². The fourth-order valence-electron chi connectivity index (χ4n) is 6.80. The van der Waals surface area contributed by atoms with Gasteiger partial charge in [-0.2, -0.15) is 0 Å². The van der Waals surface area contributed by atoms with Gasteiger partial charge in [-0.05, 0) is 69.7 Å². The second kappa shape index (κ2) is 10.4. The van der Waals surface area contributed by atoms with E-state index in [9.17, 15) is 5.11 Å². The zero-order valence-electron chi connectivity index (χ0n) is 25.8. The third-order valence-electron chi connectivity index (χ3n) is 7.63. The van der Waals surface area contributed by atoms with Gasteiger partial charge in [-0.1, -0.05) is 124 Å². The zero-order valence-corrected chi connectivity index (χ0v) is 25.8. The third kappa shape index (κ3) is 7.01. The maximum atomic E-state index is 12.0. The maximum Gasteiger partial charge on any atom is 0.123 e. The van der Waals surface area contributed by atoms with Crippen molar-refractivity contribution in [1.82, 2.24) is 0 Å². The third-order valence-corrected chi connectivity index (χ3v) is 7.63. The normalized spacial score (nSPS) is 14.0. The molecule has 0 bridgehead atoms. The van der Waals surface area contributed by atoms with Crippen molar-refractivity contribution < 1.29 is 5.11 Å². The number of aryl methyl sites for hydroxylation is 1. The molecule has 0 aliphatic heterocycles. The number of rotatable bonds is 7. The van der Waals surface area contributed by atoms with Gasteiger partial charge in [0.1, 0.15) is 5.75 Å². The van der Waals surface area contributed by atoms with Crippen molar-refractivity contribution >= 4 is 5.69 Å². The highest BCUT2D eigenvalue weighted by Crippen LogP contribution is 2.49. The lowest BCUT2D eigenvalue weighted by Gasteiger charge is -2.38.